The van der Waals surface area contributed by atoms with Gasteiger partial charge in [-0.05, 0) is 43.8 Å². The van der Waals surface area contributed by atoms with Crippen LogP contribution in [-0.2, 0) is 4.74 Å². The summed E-state index contributed by atoms with van der Waals surface area (Å²) in [7, 11) is 3.86. The second kappa shape index (κ2) is 8.63. The Morgan fingerprint density at radius 2 is 2.14 bits per heavy atom. The molecule has 11 heteroatoms. The van der Waals surface area contributed by atoms with E-state index in [-0.39, 0.29) is 41.5 Å². The zero-order valence-corrected chi connectivity index (χ0v) is 21.3. The molecular weight excluding hydrogens is 498 g/mol. The number of hydrogen-bond acceptors (Lipinski definition) is 9. The van der Waals surface area contributed by atoms with Gasteiger partial charge in [0.05, 0.1) is 30.9 Å². The molecule has 1 fully saturated rings. The number of nitrogens with one attached hydrogen (secondary N) is 1. The number of nitriles is 1. The molecule has 2 unspecified atom stereocenters. The van der Waals surface area contributed by atoms with Crippen molar-refractivity contribution in [3.8, 4) is 6.07 Å². The molecule has 1 aromatic heterocycles. The number of nitrogens with zero attached hydrogens (tertiary/aromatic N) is 4. The number of ether oxygens (including phenoxy) is 1. The van der Waals surface area contributed by atoms with Crippen molar-refractivity contribution in [1.29, 1.82) is 5.26 Å². The van der Waals surface area contributed by atoms with Crippen LogP contribution in [0.2, 0.25) is 0 Å². The SMILES string of the molecule is CN(C)C1(CO)CCN(C2=NC3C(=CN2)C2=C(COC2)C(c2c(F)ccc4sc(N)c(C#N)c24)=C3F)C1. The van der Waals surface area contributed by atoms with E-state index >= 15 is 8.78 Å². The lowest BCUT2D eigenvalue weighted by Gasteiger charge is -2.36. The molecule has 4 heterocycles. The van der Waals surface area contributed by atoms with Gasteiger partial charge >= 0.3 is 0 Å². The zero-order valence-electron chi connectivity index (χ0n) is 20.4. The van der Waals surface area contributed by atoms with Crippen molar-refractivity contribution in [2.24, 2.45) is 4.99 Å². The highest BCUT2D eigenvalue weighted by Crippen LogP contribution is 2.49. The Balaban J connectivity index is 1.50. The van der Waals surface area contributed by atoms with Crippen LogP contribution in [0, 0.1) is 17.1 Å². The Bertz CT molecular complexity index is 1500. The minimum absolute atomic E-state index is 0.00538. The van der Waals surface area contributed by atoms with Gasteiger partial charge in [0.15, 0.2) is 5.96 Å². The number of aliphatic hydroxyl groups excluding tert-OH is 1. The lowest BCUT2D eigenvalue weighted by molar-refractivity contribution is 0.0797. The van der Waals surface area contributed by atoms with Crippen LogP contribution in [0.5, 0.6) is 0 Å². The molecule has 0 spiro atoms. The number of fused-ring (bicyclic) bond motifs is 3. The van der Waals surface area contributed by atoms with Gasteiger partial charge in [-0.15, -0.1) is 11.3 Å². The number of benzene rings is 1. The van der Waals surface area contributed by atoms with E-state index in [1.165, 1.54) is 17.4 Å². The number of halogens is 2. The second-order valence-corrected chi connectivity index (χ2v) is 11.1. The maximum atomic E-state index is 16.5. The minimum Gasteiger partial charge on any atom is -0.394 e. The molecule has 2 atom stereocenters. The molecule has 37 heavy (non-hydrogen) atoms. The van der Waals surface area contributed by atoms with E-state index < -0.39 is 23.2 Å². The van der Waals surface area contributed by atoms with Crippen LogP contribution < -0.4 is 11.1 Å². The summed E-state index contributed by atoms with van der Waals surface area (Å²) in [5.41, 5.74) is 7.90. The quantitative estimate of drug-likeness (QED) is 0.566. The fourth-order valence-corrected chi connectivity index (χ4v) is 6.67. The van der Waals surface area contributed by atoms with Crippen LogP contribution in [0.4, 0.5) is 13.8 Å². The molecule has 0 bridgehead atoms. The third-order valence-electron chi connectivity index (χ3n) is 7.96. The van der Waals surface area contributed by atoms with Gasteiger partial charge in [0.2, 0.25) is 0 Å². The molecule has 4 aliphatic rings. The zero-order chi connectivity index (χ0) is 26.1. The molecule has 3 aliphatic heterocycles. The lowest BCUT2D eigenvalue weighted by Crippen LogP contribution is -2.51. The molecule has 1 aliphatic carbocycles. The van der Waals surface area contributed by atoms with E-state index in [2.05, 4.69) is 11.4 Å². The van der Waals surface area contributed by atoms with Crippen molar-refractivity contribution in [1.82, 2.24) is 15.1 Å². The fraction of sp³-hybridized carbons (Fsp3) is 0.385. The van der Waals surface area contributed by atoms with Crippen molar-refractivity contribution in [3.63, 3.8) is 0 Å². The number of nitrogen functional groups attached to an aromatic ring is 1. The van der Waals surface area contributed by atoms with Crippen molar-refractivity contribution < 1.29 is 18.6 Å². The summed E-state index contributed by atoms with van der Waals surface area (Å²) in [6.45, 7) is 1.55. The Kier molecular flexibility index (Phi) is 5.61. The number of rotatable bonds is 3. The maximum Gasteiger partial charge on any atom is 0.199 e. The standard InChI is InChI=1S/C26H26F2N6O2S/c1-33(2)26(12-35)5-6-34(11-26)25-31-8-14-15-9-36-10-16(15)20(22(28)23(14)32-25)21-17(27)3-4-18-19(21)13(7-29)24(30)37-18/h3-4,8,23,35H,5-6,9-12,30H2,1-2H3,(H,31,32). The first-order chi connectivity index (χ1) is 17.8. The van der Waals surface area contributed by atoms with Crippen molar-refractivity contribution in [2.45, 2.75) is 18.0 Å². The number of hydrogen-bond donors (Lipinski definition) is 3. The summed E-state index contributed by atoms with van der Waals surface area (Å²) in [5.74, 6) is -0.719. The average molecular weight is 525 g/mol. The first kappa shape index (κ1) is 24.1. The molecule has 0 saturated carbocycles. The number of anilines is 1. The highest BCUT2D eigenvalue weighted by atomic mass is 32.1. The van der Waals surface area contributed by atoms with Gasteiger partial charge in [0, 0.05) is 46.1 Å². The molecular formula is C26H26F2N6O2S. The number of nitrogens with two attached hydrogens (primary N) is 1. The first-order valence-corrected chi connectivity index (χ1v) is 12.8. The Hall–Kier alpha value is -3.30. The molecule has 1 saturated heterocycles. The van der Waals surface area contributed by atoms with E-state index in [1.54, 1.807) is 12.3 Å². The normalized spacial score (nSPS) is 25.3. The van der Waals surface area contributed by atoms with Gasteiger partial charge < -0.3 is 25.8 Å². The van der Waals surface area contributed by atoms with Crippen LogP contribution in [0.25, 0.3) is 15.7 Å². The van der Waals surface area contributed by atoms with Gasteiger partial charge in [-0.3, -0.25) is 4.90 Å². The number of aliphatic hydroxyl groups is 1. The minimum atomic E-state index is -0.980. The third kappa shape index (κ3) is 3.44. The predicted octanol–water partition coefficient (Wildman–Crippen LogP) is 2.73. The fourth-order valence-electron chi connectivity index (χ4n) is 5.74. The van der Waals surface area contributed by atoms with E-state index in [9.17, 15) is 10.4 Å². The second-order valence-electron chi connectivity index (χ2n) is 9.97. The molecule has 2 aromatic rings. The highest BCUT2D eigenvalue weighted by molar-refractivity contribution is 7.23. The number of likely N-dealkylation sites (N-methyl/N-ethyl adjacent to an activating group) is 1. The summed E-state index contributed by atoms with van der Waals surface area (Å²) in [5, 5.41) is 23.6. The molecule has 0 amide bonds. The predicted molar refractivity (Wildman–Crippen MR) is 139 cm³/mol. The lowest BCUT2D eigenvalue weighted by atomic mass is 9.81. The smallest absolute Gasteiger partial charge is 0.199 e. The monoisotopic (exact) mass is 524 g/mol. The Labute approximate surface area is 216 Å². The topological polar surface area (TPSA) is 110 Å². The van der Waals surface area contributed by atoms with E-state index in [0.29, 0.717) is 40.3 Å². The largest absolute Gasteiger partial charge is 0.394 e. The number of thiophene rings is 1. The first-order valence-electron chi connectivity index (χ1n) is 12.0. The van der Waals surface area contributed by atoms with Gasteiger partial charge in [0.25, 0.3) is 0 Å². The van der Waals surface area contributed by atoms with Gasteiger partial charge in [0.1, 0.15) is 28.8 Å². The van der Waals surface area contributed by atoms with Crippen LogP contribution in [-0.4, -0.2) is 79.5 Å². The van der Waals surface area contributed by atoms with Crippen LogP contribution in [0.3, 0.4) is 0 Å². The van der Waals surface area contributed by atoms with Crippen LogP contribution >= 0.6 is 11.3 Å². The highest BCUT2D eigenvalue weighted by Gasteiger charge is 2.44. The van der Waals surface area contributed by atoms with E-state index in [1.807, 2.05) is 23.9 Å². The number of likely N-dealkylation sites (tertiary alicyclic amines) is 1. The molecule has 8 nitrogen and oxygen atoms in total. The summed E-state index contributed by atoms with van der Waals surface area (Å²) in [4.78, 5) is 8.76. The Morgan fingerprint density at radius 1 is 1.35 bits per heavy atom. The molecule has 192 valence electrons. The van der Waals surface area contributed by atoms with Crippen LogP contribution in [0.15, 0.2) is 45.9 Å². The molecule has 1 aromatic carbocycles. The summed E-state index contributed by atoms with van der Waals surface area (Å²) >= 11 is 1.18. The van der Waals surface area contributed by atoms with Gasteiger partial charge in [-0.2, -0.15) is 5.26 Å². The summed E-state index contributed by atoms with van der Waals surface area (Å²) in [6, 6.07) is 3.94. The Morgan fingerprint density at radius 3 is 2.84 bits per heavy atom. The van der Waals surface area contributed by atoms with Gasteiger partial charge in [-0.25, -0.2) is 13.8 Å². The van der Waals surface area contributed by atoms with Gasteiger partial charge in [-0.1, -0.05) is 0 Å². The third-order valence-corrected chi connectivity index (χ3v) is 8.94. The van der Waals surface area contributed by atoms with Crippen molar-refractivity contribution in [3.05, 3.63) is 57.8 Å². The van der Waals surface area contributed by atoms with Crippen molar-refractivity contribution >= 4 is 38.0 Å². The summed E-state index contributed by atoms with van der Waals surface area (Å²) in [6.07, 6.45) is 2.48. The van der Waals surface area contributed by atoms with E-state index in [0.717, 1.165) is 12.0 Å². The van der Waals surface area contributed by atoms with Crippen molar-refractivity contribution in [2.75, 3.05) is 52.7 Å². The average Bonchev–Trinajstić information content (AvgIpc) is 3.62. The molecule has 4 N–H and O–H groups in total. The van der Waals surface area contributed by atoms with Crippen LogP contribution in [0.1, 0.15) is 17.5 Å². The number of aliphatic imine (C=N–C) groups is 1. The number of guanidine groups is 1. The maximum absolute atomic E-state index is 16.5. The summed E-state index contributed by atoms with van der Waals surface area (Å²) < 4.78 is 38.4. The molecule has 0 radical (unpaired) electrons. The van der Waals surface area contributed by atoms with E-state index in [4.69, 9.17) is 15.5 Å². The molecule has 6 rings (SSSR count).